The third kappa shape index (κ3) is 3.08. The molecule has 0 aliphatic carbocycles. The van der Waals surface area contributed by atoms with Crippen LogP contribution in [0.3, 0.4) is 0 Å². The van der Waals surface area contributed by atoms with Crippen LogP contribution in [-0.4, -0.2) is 28.8 Å². The van der Waals surface area contributed by atoms with Crippen molar-refractivity contribution in [3.05, 3.63) is 53.3 Å². The van der Waals surface area contributed by atoms with Gasteiger partial charge in [0.05, 0.1) is 6.04 Å². The summed E-state index contributed by atoms with van der Waals surface area (Å²) in [6.07, 6.45) is 5.13. The molecule has 1 atom stereocenters. The molecule has 0 bridgehead atoms. The van der Waals surface area contributed by atoms with E-state index in [9.17, 15) is 4.79 Å². The quantitative estimate of drug-likeness (QED) is 0.907. The Kier molecular flexibility index (Phi) is 4.71. The number of piperidine rings is 1. The summed E-state index contributed by atoms with van der Waals surface area (Å²) in [5, 5.41) is 10.9. The number of hydrogen-bond donors (Lipinski definition) is 2. The number of nitrogens with one attached hydrogen (secondary N) is 2. The van der Waals surface area contributed by atoms with Gasteiger partial charge in [-0.05, 0) is 69.5 Å². The highest BCUT2D eigenvalue weighted by atomic mass is 16.2. The maximum atomic E-state index is 13.2. The Labute approximate surface area is 143 Å². The molecule has 5 heteroatoms. The number of nitrogens with zero attached hydrogens (tertiary/aromatic N) is 2. The number of aromatic nitrogens is 2. The number of rotatable bonds is 4. The minimum absolute atomic E-state index is 0.0286. The maximum Gasteiger partial charge on any atom is 0.248 e. The second kappa shape index (κ2) is 6.77. The molecule has 0 saturated carbocycles. The van der Waals surface area contributed by atoms with Gasteiger partial charge >= 0.3 is 0 Å². The molecule has 1 aliphatic rings. The van der Waals surface area contributed by atoms with Crippen LogP contribution in [0.5, 0.6) is 0 Å². The SMILES string of the molecule is Cc1ccc(C(C)NC(=O)C2(n3cccn3)CCNCC2)cc1C. The van der Waals surface area contributed by atoms with Crippen LogP contribution >= 0.6 is 0 Å². The van der Waals surface area contributed by atoms with Crippen LogP contribution in [0.25, 0.3) is 0 Å². The number of aryl methyl sites for hydroxylation is 2. The lowest BCUT2D eigenvalue weighted by Gasteiger charge is -2.37. The Hall–Kier alpha value is -2.14. The van der Waals surface area contributed by atoms with Crippen LogP contribution in [0.2, 0.25) is 0 Å². The summed E-state index contributed by atoms with van der Waals surface area (Å²) in [5.41, 5.74) is 3.06. The molecule has 5 nitrogen and oxygen atoms in total. The van der Waals surface area contributed by atoms with Gasteiger partial charge in [-0.3, -0.25) is 9.48 Å². The summed E-state index contributed by atoms with van der Waals surface area (Å²) in [6, 6.07) is 8.21. The van der Waals surface area contributed by atoms with Gasteiger partial charge in [0.25, 0.3) is 0 Å². The highest BCUT2D eigenvalue weighted by Gasteiger charge is 2.42. The number of carbonyl (C=O) groups excluding carboxylic acids is 1. The average molecular weight is 326 g/mol. The lowest BCUT2D eigenvalue weighted by Crippen LogP contribution is -2.55. The van der Waals surface area contributed by atoms with E-state index < -0.39 is 5.54 Å². The number of hydrogen-bond acceptors (Lipinski definition) is 3. The predicted molar refractivity (Wildman–Crippen MR) is 94.8 cm³/mol. The van der Waals surface area contributed by atoms with E-state index >= 15 is 0 Å². The van der Waals surface area contributed by atoms with Crippen molar-refractivity contribution in [1.29, 1.82) is 0 Å². The van der Waals surface area contributed by atoms with Crippen molar-refractivity contribution in [2.24, 2.45) is 0 Å². The zero-order valence-electron chi connectivity index (χ0n) is 14.7. The molecule has 1 aromatic heterocycles. The molecule has 1 saturated heterocycles. The van der Waals surface area contributed by atoms with Gasteiger partial charge in [0, 0.05) is 12.4 Å². The van der Waals surface area contributed by atoms with E-state index in [0.29, 0.717) is 0 Å². The fraction of sp³-hybridized carbons (Fsp3) is 0.474. The number of amides is 1. The van der Waals surface area contributed by atoms with Gasteiger partial charge in [-0.15, -0.1) is 0 Å². The number of carbonyl (C=O) groups is 1. The average Bonchev–Trinajstić information content (AvgIpc) is 3.13. The molecule has 0 spiro atoms. The van der Waals surface area contributed by atoms with Crippen molar-refractivity contribution in [2.75, 3.05) is 13.1 Å². The lowest BCUT2D eigenvalue weighted by molar-refractivity contribution is -0.132. The van der Waals surface area contributed by atoms with Crippen LogP contribution in [0, 0.1) is 13.8 Å². The first-order chi connectivity index (χ1) is 11.5. The Morgan fingerprint density at radius 2 is 2.04 bits per heavy atom. The van der Waals surface area contributed by atoms with E-state index in [2.05, 4.69) is 47.8 Å². The largest absolute Gasteiger partial charge is 0.347 e. The molecular formula is C19H26N4O. The Bertz CT molecular complexity index is 702. The first-order valence-electron chi connectivity index (χ1n) is 8.62. The summed E-state index contributed by atoms with van der Waals surface area (Å²) < 4.78 is 1.83. The van der Waals surface area contributed by atoms with Crippen molar-refractivity contribution < 1.29 is 4.79 Å². The van der Waals surface area contributed by atoms with Crippen LogP contribution in [0.15, 0.2) is 36.7 Å². The van der Waals surface area contributed by atoms with Gasteiger partial charge in [0.1, 0.15) is 5.54 Å². The highest BCUT2D eigenvalue weighted by molar-refractivity contribution is 5.85. The number of benzene rings is 1. The Morgan fingerprint density at radius 1 is 1.29 bits per heavy atom. The third-order valence-electron chi connectivity index (χ3n) is 5.17. The van der Waals surface area contributed by atoms with Gasteiger partial charge in [0.15, 0.2) is 0 Å². The zero-order chi connectivity index (χ0) is 17.2. The normalized spacial score (nSPS) is 18.1. The lowest BCUT2D eigenvalue weighted by atomic mass is 9.87. The molecular weight excluding hydrogens is 300 g/mol. The van der Waals surface area contributed by atoms with Crippen molar-refractivity contribution in [1.82, 2.24) is 20.4 Å². The van der Waals surface area contributed by atoms with E-state index in [0.717, 1.165) is 31.5 Å². The molecule has 3 rings (SSSR count). The van der Waals surface area contributed by atoms with Crippen molar-refractivity contribution in [2.45, 2.75) is 45.2 Å². The molecule has 1 aromatic carbocycles. The monoisotopic (exact) mass is 326 g/mol. The molecule has 24 heavy (non-hydrogen) atoms. The predicted octanol–water partition coefficient (Wildman–Crippen LogP) is 2.46. The molecule has 2 N–H and O–H groups in total. The Morgan fingerprint density at radius 3 is 2.67 bits per heavy atom. The van der Waals surface area contributed by atoms with Crippen LogP contribution in [-0.2, 0) is 10.3 Å². The molecule has 2 aromatic rings. The molecule has 1 unspecified atom stereocenters. The molecule has 128 valence electrons. The summed E-state index contributed by atoms with van der Waals surface area (Å²) in [7, 11) is 0. The molecule has 1 aliphatic heterocycles. The smallest absolute Gasteiger partial charge is 0.248 e. The van der Waals surface area contributed by atoms with Crippen molar-refractivity contribution >= 4 is 5.91 Å². The Balaban J connectivity index is 1.82. The molecule has 1 fully saturated rings. The standard InChI is InChI=1S/C19H26N4O/c1-14-5-6-17(13-15(14)2)16(3)22-18(24)19(7-10-20-11-8-19)23-12-4-9-21-23/h4-6,9,12-13,16,20H,7-8,10-11H2,1-3H3,(H,22,24). The fourth-order valence-corrected chi connectivity index (χ4v) is 3.37. The summed E-state index contributed by atoms with van der Waals surface area (Å²) in [5.74, 6) is 0.0541. The minimum atomic E-state index is -0.594. The van der Waals surface area contributed by atoms with Gasteiger partial charge in [-0.1, -0.05) is 18.2 Å². The minimum Gasteiger partial charge on any atom is -0.347 e. The maximum absolute atomic E-state index is 13.2. The van der Waals surface area contributed by atoms with E-state index in [4.69, 9.17) is 0 Å². The van der Waals surface area contributed by atoms with E-state index in [1.54, 1.807) is 6.20 Å². The van der Waals surface area contributed by atoms with Gasteiger partial charge in [-0.2, -0.15) is 5.10 Å². The topological polar surface area (TPSA) is 59.0 Å². The van der Waals surface area contributed by atoms with E-state index in [1.807, 2.05) is 23.9 Å². The van der Waals surface area contributed by atoms with Gasteiger partial charge < -0.3 is 10.6 Å². The van der Waals surface area contributed by atoms with Crippen molar-refractivity contribution in [3.8, 4) is 0 Å². The summed E-state index contributed by atoms with van der Waals surface area (Å²) in [6.45, 7) is 7.89. The van der Waals surface area contributed by atoms with Gasteiger partial charge in [0.2, 0.25) is 5.91 Å². The second-order valence-electron chi connectivity index (χ2n) is 6.77. The molecule has 2 heterocycles. The summed E-state index contributed by atoms with van der Waals surface area (Å²) in [4.78, 5) is 13.2. The highest BCUT2D eigenvalue weighted by Crippen LogP contribution is 2.28. The molecule has 0 radical (unpaired) electrons. The molecule has 1 amide bonds. The van der Waals surface area contributed by atoms with Crippen LogP contribution < -0.4 is 10.6 Å². The third-order valence-corrected chi connectivity index (χ3v) is 5.17. The van der Waals surface area contributed by atoms with Gasteiger partial charge in [-0.25, -0.2) is 0 Å². The first-order valence-corrected chi connectivity index (χ1v) is 8.62. The first kappa shape index (κ1) is 16.7. The zero-order valence-corrected chi connectivity index (χ0v) is 14.7. The fourth-order valence-electron chi connectivity index (χ4n) is 3.37. The van der Waals surface area contributed by atoms with Crippen LogP contribution in [0.4, 0.5) is 0 Å². The van der Waals surface area contributed by atoms with E-state index in [-0.39, 0.29) is 11.9 Å². The summed E-state index contributed by atoms with van der Waals surface area (Å²) >= 11 is 0. The van der Waals surface area contributed by atoms with E-state index in [1.165, 1.54) is 11.1 Å². The van der Waals surface area contributed by atoms with Crippen molar-refractivity contribution in [3.63, 3.8) is 0 Å². The second-order valence-corrected chi connectivity index (χ2v) is 6.77. The van der Waals surface area contributed by atoms with Crippen LogP contribution in [0.1, 0.15) is 42.5 Å².